The van der Waals surface area contributed by atoms with Crippen LogP contribution in [0.15, 0.2) is 88.6 Å². The van der Waals surface area contributed by atoms with Crippen molar-refractivity contribution >= 4 is 11.8 Å². The van der Waals surface area contributed by atoms with Gasteiger partial charge in [0.2, 0.25) is 0 Å². The molecule has 1 aliphatic rings. The fraction of sp³-hybridized carbons (Fsp3) is 0.333. The van der Waals surface area contributed by atoms with Gasteiger partial charge in [0.05, 0.1) is 0 Å². The Morgan fingerprint density at radius 2 is 1.71 bits per heavy atom. The van der Waals surface area contributed by atoms with Crippen LogP contribution in [-0.4, -0.2) is 14.1 Å². The first-order chi connectivity index (χ1) is 13.3. The normalized spacial score (nSPS) is 15.1. The molecule has 148 valence electrons. The van der Waals surface area contributed by atoms with E-state index in [0.29, 0.717) is 5.92 Å². The molecule has 0 aromatic heterocycles. The summed E-state index contributed by atoms with van der Waals surface area (Å²) in [5.41, 5.74) is 9.22. The first kappa shape index (κ1) is 21.8. The van der Waals surface area contributed by atoms with Crippen molar-refractivity contribution in [3.63, 3.8) is 0 Å². The van der Waals surface area contributed by atoms with Gasteiger partial charge in [0.15, 0.2) is 0 Å². The summed E-state index contributed by atoms with van der Waals surface area (Å²) in [6.45, 7) is 11.1. The van der Waals surface area contributed by atoms with E-state index in [1.165, 1.54) is 39.1 Å². The van der Waals surface area contributed by atoms with Crippen molar-refractivity contribution in [2.45, 2.75) is 41.0 Å². The monoisotopic (exact) mass is 373 g/mol. The highest BCUT2D eigenvalue weighted by molar-refractivity contribution is 5.58. The lowest BCUT2D eigenvalue weighted by Crippen LogP contribution is -2.07. The van der Waals surface area contributed by atoms with E-state index in [1.807, 2.05) is 0 Å². The van der Waals surface area contributed by atoms with Gasteiger partial charge in [-0.2, -0.15) is 0 Å². The molecule has 1 aromatic rings. The summed E-state index contributed by atoms with van der Waals surface area (Å²) in [6.07, 6.45) is 16.8. The minimum Gasteiger partial charge on any atom is -0.378 e. The van der Waals surface area contributed by atoms with Crippen LogP contribution in [0, 0.1) is 5.92 Å². The fourth-order valence-corrected chi connectivity index (χ4v) is 3.24. The smallest absolute Gasteiger partial charge is 0.0361 e. The number of rotatable bonds is 6. The molecular formula is C27H35N. The van der Waals surface area contributed by atoms with E-state index in [1.54, 1.807) is 0 Å². The first-order valence-corrected chi connectivity index (χ1v) is 10.2. The Morgan fingerprint density at radius 3 is 2.29 bits per heavy atom. The Kier molecular flexibility index (Phi) is 7.87. The number of anilines is 1. The van der Waals surface area contributed by atoms with E-state index in [4.69, 9.17) is 0 Å². The average molecular weight is 374 g/mol. The first-order valence-electron chi connectivity index (χ1n) is 10.2. The van der Waals surface area contributed by atoms with E-state index in [2.05, 4.69) is 120 Å². The Balaban J connectivity index is 2.30. The topological polar surface area (TPSA) is 3.24 Å². The van der Waals surface area contributed by atoms with E-state index in [0.717, 1.165) is 6.42 Å². The van der Waals surface area contributed by atoms with Gasteiger partial charge in [-0.25, -0.2) is 0 Å². The molecule has 0 bridgehead atoms. The molecule has 0 atom stereocenters. The minimum absolute atomic E-state index is 0.560. The Labute approximate surface area is 172 Å². The number of nitrogens with zero attached hydrogens (tertiary/aromatic N) is 1. The van der Waals surface area contributed by atoms with Crippen LogP contribution in [0.2, 0.25) is 0 Å². The second-order valence-electron chi connectivity index (χ2n) is 8.25. The average Bonchev–Trinajstić information content (AvgIpc) is 2.83. The summed E-state index contributed by atoms with van der Waals surface area (Å²) in [4.78, 5) is 2.12. The molecule has 0 heterocycles. The van der Waals surface area contributed by atoms with Gasteiger partial charge in [-0.1, -0.05) is 74.1 Å². The molecule has 0 aliphatic heterocycles. The third-order valence-corrected chi connectivity index (χ3v) is 4.98. The number of hydrogen-bond donors (Lipinski definition) is 0. The molecule has 0 radical (unpaired) electrons. The number of hydrogen-bond acceptors (Lipinski definition) is 1. The van der Waals surface area contributed by atoms with E-state index in [9.17, 15) is 0 Å². The van der Waals surface area contributed by atoms with E-state index < -0.39 is 0 Å². The van der Waals surface area contributed by atoms with Gasteiger partial charge in [0.25, 0.3) is 0 Å². The van der Waals surface area contributed by atoms with Gasteiger partial charge < -0.3 is 4.90 Å². The molecule has 1 nitrogen and oxygen atoms in total. The summed E-state index contributed by atoms with van der Waals surface area (Å²) in [5, 5.41) is 0. The van der Waals surface area contributed by atoms with Crippen LogP contribution in [0.3, 0.4) is 0 Å². The van der Waals surface area contributed by atoms with Crippen LogP contribution in [-0.2, 0) is 0 Å². The Hall–Kier alpha value is -2.54. The third kappa shape index (κ3) is 6.27. The van der Waals surface area contributed by atoms with Crippen LogP contribution < -0.4 is 4.90 Å². The van der Waals surface area contributed by atoms with Crippen LogP contribution in [0.5, 0.6) is 0 Å². The molecule has 1 aromatic carbocycles. The minimum atomic E-state index is 0.560. The lowest BCUT2D eigenvalue weighted by molar-refractivity contribution is 0.787. The van der Waals surface area contributed by atoms with Gasteiger partial charge >= 0.3 is 0 Å². The molecule has 0 saturated carbocycles. The van der Waals surface area contributed by atoms with Crippen molar-refractivity contribution < 1.29 is 0 Å². The highest BCUT2D eigenvalue weighted by atomic mass is 15.1. The summed E-state index contributed by atoms with van der Waals surface area (Å²) >= 11 is 0. The fourth-order valence-electron chi connectivity index (χ4n) is 3.24. The molecule has 0 unspecified atom stereocenters. The maximum atomic E-state index is 2.38. The number of allylic oxidation sites excluding steroid dienone is 11. The lowest BCUT2D eigenvalue weighted by atomic mass is 9.95. The summed E-state index contributed by atoms with van der Waals surface area (Å²) in [5.74, 6) is 0.560. The van der Waals surface area contributed by atoms with Gasteiger partial charge in [-0.05, 0) is 73.1 Å². The second-order valence-corrected chi connectivity index (χ2v) is 8.25. The third-order valence-electron chi connectivity index (χ3n) is 4.98. The molecule has 1 aliphatic carbocycles. The Bertz CT molecular complexity index is 846. The van der Waals surface area contributed by atoms with Gasteiger partial charge in [0.1, 0.15) is 0 Å². The van der Waals surface area contributed by atoms with Crippen LogP contribution in [0.1, 0.15) is 46.6 Å². The molecule has 0 spiro atoms. The SMILES string of the molecule is CC(C)=C/C(=C\C=C\c1ccc(N(C)C)cc1)C1=C(C)C=CC(C(C)C)=CC1. The predicted molar refractivity (Wildman–Crippen MR) is 127 cm³/mol. The van der Waals surface area contributed by atoms with Crippen LogP contribution in [0.25, 0.3) is 6.08 Å². The molecule has 0 fully saturated rings. The summed E-state index contributed by atoms with van der Waals surface area (Å²) in [7, 11) is 4.13. The van der Waals surface area contributed by atoms with E-state index in [-0.39, 0.29) is 0 Å². The zero-order chi connectivity index (χ0) is 20.7. The van der Waals surface area contributed by atoms with Gasteiger partial charge in [-0.3, -0.25) is 0 Å². The molecular weight excluding hydrogens is 338 g/mol. The van der Waals surface area contributed by atoms with Gasteiger partial charge in [0, 0.05) is 19.8 Å². The molecule has 0 amide bonds. The summed E-state index contributed by atoms with van der Waals surface area (Å²) in [6, 6.07) is 8.64. The van der Waals surface area contributed by atoms with Gasteiger partial charge in [-0.15, -0.1) is 0 Å². The molecule has 28 heavy (non-hydrogen) atoms. The zero-order valence-corrected chi connectivity index (χ0v) is 18.6. The zero-order valence-electron chi connectivity index (χ0n) is 18.6. The standard InChI is InChI=1S/C27H35N/c1-20(2)19-25(27-18-15-24(21(3)4)14-11-22(27)5)10-8-9-23-12-16-26(17-13-23)28(6)7/h8-17,19,21H,18H2,1-7H3/b9-8+,25-10+. The van der Waals surface area contributed by atoms with Crippen molar-refractivity contribution in [2.75, 3.05) is 19.0 Å². The van der Waals surface area contributed by atoms with E-state index >= 15 is 0 Å². The van der Waals surface area contributed by atoms with Crippen molar-refractivity contribution in [2.24, 2.45) is 5.92 Å². The molecule has 2 rings (SSSR count). The summed E-state index contributed by atoms with van der Waals surface area (Å²) < 4.78 is 0. The molecule has 0 N–H and O–H groups in total. The quantitative estimate of drug-likeness (QED) is 0.466. The van der Waals surface area contributed by atoms with Crippen molar-refractivity contribution in [1.82, 2.24) is 0 Å². The predicted octanol–water partition coefficient (Wildman–Crippen LogP) is 7.52. The van der Waals surface area contributed by atoms with Crippen molar-refractivity contribution in [1.29, 1.82) is 0 Å². The van der Waals surface area contributed by atoms with Crippen LogP contribution in [0.4, 0.5) is 5.69 Å². The maximum Gasteiger partial charge on any atom is 0.0361 e. The largest absolute Gasteiger partial charge is 0.378 e. The highest BCUT2D eigenvalue weighted by Gasteiger charge is 2.09. The Morgan fingerprint density at radius 1 is 1.04 bits per heavy atom. The molecule has 0 saturated heterocycles. The lowest BCUT2D eigenvalue weighted by Gasteiger charge is -2.11. The van der Waals surface area contributed by atoms with Crippen LogP contribution >= 0.6 is 0 Å². The van der Waals surface area contributed by atoms with Crippen molar-refractivity contribution in [3.8, 4) is 0 Å². The molecule has 1 heteroatoms. The van der Waals surface area contributed by atoms with Crippen molar-refractivity contribution in [3.05, 3.63) is 94.2 Å². The maximum absolute atomic E-state index is 2.38. The highest BCUT2D eigenvalue weighted by Crippen LogP contribution is 2.28. The number of benzene rings is 1. The second kappa shape index (κ2) is 10.1.